The highest BCUT2D eigenvalue weighted by Gasteiger charge is 2.32. The van der Waals surface area contributed by atoms with Crippen molar-refractivity contribution in [3.8, 4) is 0 Å². The second-order valence-corrected chi connectivity index (χ2v) is 5.69. The quantitative estimate of drug-likeness (QED) is 0.854. The molecule has 2 aromatic rings. The molecule has 1 saturated heterocycles. The van der Waals surface area contributed by atoms with Gasteiger partial charge < -0.3 is 15.0 Å². The van der Waals surface area contributed by atoms with E-state index < -0.39 is 12.0 Å². The molecule has 1 aliphatic rings. The molecule has 2 heterocycles. The van der Waals surface area contributed by atoms with E-state index in [1.54, 1.807) is 23.1 Å². The highest BCUT2D eigenvalue weighted by Crippen LogP contribution is 2.25. The summed E-state index contributed by atoms with van der Waals surface area (Å²) in [7, 11) is 1.28. The van der Waals surface area contributed by atoms with Crippen LogP contribution in [0.25, 0.3) is 0 Å². The number of rotatable bonds is 4. The minimum Gasteiger partial charge on any atom is -0.464 e. The van der Waals surface area contributed by atoms with Crippen LogP contribution in [-0.4, -0.2) is 41.8 Å². The normalized spacial score (nSPS) is 17.0. The summed E-state index contributed by atoms with van der Waals surface area (Å²) in [5.41, 5.74) is 0.880. The van der Waals surface area contributed by atoms with Crippen LogP contribution in [0.2, 0.25) is 5.02 Å². The summed E-state index contributed by atoms with van der Waals surface area (Å²) >= 11 is 5.98. The van der Waals surface area contributed by atoms with Gasteiger partial charge in [0.05, 0.1) is 7.11 Å². The highest BCUT2D eigenvalue weighted by molar-refractivity contribution is 6.31. The molecule has 1 aromatic carbocycles. The predicted molar refractivity (Wildman–Crippen MR) is 89.2 cm³/mol. The van der Waals surface area contributed by atoms with Gasteiger partial charge in [-0.2, -0.15) is 0 Å². The van der Waals surface area contributed by atoms with Gasteiger partial charge in [0, 0.05) is 17.3 Å². The molecule has 1 amide bonds. The van der Waals surface area contributed by atoms with Crippen molar-refractivity contribution in [2.24, 2.45) is 0 Å². The Morgan fingerprint density at radius 2 is 2.17 bits per heavy atom. The maximum atomic E-state index is 12.5. The summed E-state index contributed by atoms with van der Waals surface area (Å²) in [6, 6.07) is 9.86. The lowest BCUT2D eigenvalue weighted by molar-refractivity contribution is -0.117. The van der Waals surface area contributed by atoms with Gasteiger partial charge in [-0.25, -0.2) is 4.79 Å². The summed E-state index contributed by atoms with van der Waals surface area (Å²) in [4.78, 5) is 25.6. The zero-order chi connectivity index (χ0) is 17.1. The van der Waals surface area contributed by atoms with Gasteiger partial charge in [0.25, 0.3) is 0 Å². The fraction of sp³-hybridized carbons (Fsp3) is 0.250. The van der Waals surface area contributed by atoms with Gasteiger partial charge in [-0.3, -0.25) is 4.79 Å². The molecule has 1 N–H and O–H groups in total. The molecule has 1 aliphatic heterocycles. The number of ether oxygens (including phenoxy) is 1. The van der Waals surface area contributed by atoms with Crippen molar-refractivity contribution < 1.29 is 14.3 Å². The average molecular weight is 347 g/mol. The number of amides is 1. The van der Waals surface area contributed by atoms with E-state index in [1.807, 2.05) is 12.1 Å². The highest BCUT2D eigenvalue weighted by atomic mass is 35.5. The third-order valence-corrected chi connectivity index (χ3v) is 3.94. The van der Waals surface area contributed by atoms with Gasteiger partial charge in [-0.05, 0) is 36.8 Å². The first-order chi connectivity index (χ1) is 11.6. The standard InChI is InChI=1S/C16H15ClN4O3/c1-24-16(23)13-5-6-14(20-19-13)18-12-7-8-21(15(12)22)11-4-2-3-10(17)9-11/h2-6,9,12H,7-8H2,1H3,(H,18,20). The molecule has 7 nitrogen and oxygen atoms in total. The largest absolute Gasteiger partial charge is 0.464 e. The molecule has 8 heteroatoms. The number of anilines is 2. The third-order valence-electron chi connectivity index (χ3n) is 3.71. The minimum atomic E-state index is -0.557. The number of carbonyl (C=O) groups is 2. The van der Waals surface area contributed by atoms with Crippen molar-refractivity contribution in [3.05, 3.63) is 47.1 Å². The van der Waals surface area contributed by atoms with Crippen LogP contribution in [0.4, 0.5) is 11.5 Å². The molecule has 0 radical (unpaired) electrons. The number of hydrogen-bond donors (Lipinski definition) is 1. The average Bonchev–Trinajstić information content (AvgIpc) is 2.95. The van der Waals surface area contributed by atoms with E-state index in [0.717, 1.165) is 5.69 Å². The number of halogens is 1. The molecule has 1 unspecified atom stereocenters. The lowest BCUT2D eigenvalue weighted by Gasteiger charge is -2.17. The van der Waals surface area contributed by atoms with Crippen LogP contribution < -0.4 is 10.2 Å². The lowest BCUT2D eigenvalue weighted by atomic mass is 10.2. The number of aromatic nitrogens is 2. The first-order valence-corrected chi connectivity index (χ1v) is 7.72. The van der Waals surface area contributed by atoms with Crippen molar-refractivity contribution in [3.63, 3.8) is 0 Å². The Bertz CT molecular complexity index is 766. The number of nitrogens with zero attached hydrogens (tertiary/aromatic N) is 3. The molecular weight excluding hydrogens is 332 g/mol. The summed E-state index contributed by atoms with van der Waals surface area (Å²) in [6.07, 6.45) is 0.631. The Hall–Kier alpha value is -2.67. The van der Waals surface area contributed by atoms with Crippen molar-refractivity contribution in [1.82, 2.24) is 10.2 Å². The van der Waals surface area contributed by atoms with E-state index in [9.17, 15) is 9.59 Å². The Morgan fingerprint density at radius 1 is 1.33 bits per heavy atom. The zero-order valence-corrected chi connectivity index (χ0v) is 13.7. The maximum Gasteiger partial charge on any atom is 0.358 e. The second-order valence-electron chi connectivity index (χ2n) is 5.25. The summed E-state index contributed by atoms with van der Waals surface area (Å²) in [5.74, 6) is -0.191. The van der Waals surface area contributed by atoms with E-state index in [2.05, 4.69) is 20.3 Å². The van der Waals surface area contributed by atoms with Crippen molar-refractivity contribution in [2.45, 2.75) is 12.5 Å². The van der Waals surface area contributed by atoms with Crippen LogP contribution in [0, 0.1) is 0 Å². The smallest absolute Gasteiger partial charge is 0.358 e. The summed E-state index contributed by atoms with van der Waals surface area (Å²) in [5, 5.41) is 11.3. The number of methoxy groups -OCH3 is 1. The SMILES string of the molecule is COC(=O)c1ccc(NC2CCN(c3cccc(Cl)c3)C2=O)nn1. The first kappa shape index (κ1) is 16.2. The molecule has 124 valence electrons. The molecule has 1 atom stereocenters. The number of esters is 1. The number of nitrogens with one attached hydrogen (secondary N) is 1. The fourth-order valence-corrected chi connectivity index (χ4v) is 2.70. The fourth-order valence-electron chi connectivity index (χ4n) is 2.52. The summed E-state index contributed by atoms with van der Waals surface area (Å²) < 4.78 is 4.57. The molecule has 24 heavy (non-hydrogen) atoms. The number of carbonyl (C=O) groups excluding carboxylic acids is 2. The van der Waals surface area contributed by atoms with Crippen LogP contribution in [0.15, 0.2) is 36.4 Å². The van der Waals surface area contributed by atoms with Crippen LogP contribution in [0.3, 0.4) is 0 Å². The van der Waals surface area contributed by atoms with E-state index >= 15 is 0 Å². The Balaban J connectivity index is 1.68. The van der Waals surface area contributed by atoms with Gasteiger partial charge in [-0.1, -0.05) is 17.7 Å². The minimum absolute atomic E-state index is 0.0592. The first-order valence-electron chi connectivity index (χ1n) is 7.34. The Kier molecular flexibility index (Phi) is 4.61. The van der Waals surface area contributed by atoms with Crippen molar-refractivity contribution in [2.75, 3.05) is 23.9 Å². The molecular formula is C16H15ClN4O3. The van der Waals surface area contributed by atoms with Crippen LogP contribution in [0.1, 0.15) is 16.9 Å². The third kappa shape index (κ3) is 3.30. The lowest BCUT2D eigenvalue weighted by Crippen LogP contribution is -2.33. The summed E-state index contributed by atoms with van der Waals surface area (Å²) in [6.45, 7) is 0.588. The molecule has 0 bridgehead atoms. The number of benzene rings is 1. The van der Waals surface area contributed by atoms with Crippen LogP contribution >= 0.6 is 11.6 Å². The molecule has 0 spiro atoms. The Labute approximate surface area is 143 Å². The van der Waals surface area contributed by atoms with E-state index in [4.69, 9.17) is 11.6 Å². The van der Waals surface area contributed by atoms with Gasteiger partial charge in [0.2, 0.25) is 5.91 Å². The molecule has 0 aliphatic carbocycles. The molecule has 1 aromatic heterocycles. The molecule has 1 fully saturated rings. The predicted octanol–water partition coefficient (Wildman–Crippen LogP) is 2.13. The maximum absolute atomic E-state index is 12.5. The van der Waals surface area contributed by atoms with Gasteiger partial charge in [0.15, 0.2) is 5.69 Å². The topological polar surface area (TPSA) is 84.4 Å². The van der Waals surface area contributed by atoms with Crippen molar-refractivity contribution >= 4 is 35.0 Å². The van der Waals surface area contributed by atoms with E-state index in [0.29, 0.717) is 23.8 Å². The van der Waals surface area contributed by atoms with Gasteiger partial charge >= 0.3 is 5.97 Å². The van der Waals surface area contributed by atoms with Gasteiger partial charge in [-0.15, -0.1) is 10.2 Å². The Morgan fingerprint density at radius 3 is 2.83 bits per heavy atom. The number of hydrogen-bond acceptors (Lipinski definition) is 6. The van der Waals surface area contributed by atoms with Crippen LogP contribution in [0.5, 0.6) is 0 Å². The molecule has 3 rings (SSSR count). The monoisotopic (exact) mass is 346 g/mol. The van der Waals surface area contributed by atoms with E-state index in [1.165, 1.54) is 13.2 Å². The van der Waals surface area contributed by atoms with Gasteiger partial charge in [0.1, 0.15) is 11.9 Å². The van der Waals surface area contributed by atoms with Crippen LogP contribution in [-0.2, 0) is 9.53 Å². The van der Waals surface area contributed by atoms with Crippen molar-refractivity contribution in [1.29, 1.82) is 0 Å². The second kappa shape index (κ2) is 6.84. The van der Waals surface area contributed by atoms with E-state index in [-0.39, 0.29) is 11.6 Å². The zero-order valence-electron chi connectivity index (χ0n) is 12.9. The molecule has 0 saturated carbocycles.